The van der Waals surface area contributed by atoms with Gasteiger partial charge in [-0.2, -0.15) is 31.5 Å². The van der Waals surface area contributed by atoms with Gasteiger partial charge in [0, 0.05) is 18.3 Å². The zero-order valence-corrected chi connectivity index (χ0v) is 23.6. The van der Waals surface area contributed by atoms with E-state index < -0.39 is 69.5 Å². The monoisotopic (exact) mass is 662 g/mol. The van der Waals surface area contributed by atoms with Crippen molar-refractivity contribution in [1.82, 2.24) is 25.3 Å². The van der Waals surface area contributed by atoms with Crippen molar-refractivity contribution in [3.63, 3.8) is 0 Å². The van der Waals surface area contributed by atoms with Gasteiger partial charge >= 0.3 is 24.3 Å². The summed E-state index contributed by atoms with van der Waals surface area (Å²) in [5, 5.41) is 34.3. The molecule has 13 nitrogen and oxygen atoms in total. The van der Waals surface area contributed by atoms with E-state index in [9.17, 15) is 50.9 Å². The van der Waals surface area contributed by atoms with Crippen molar-refractivity contribution in [2.75, 3.05) is 11.9 Å². The van der Waals surface area contributed by atoms with Crippen LogP contribution in [0.2, 0.25) is 0 Å². The Morgan fingerprint density at radius 2 is 1.55 bits per heavy atom. The Labute approximate surface area is 259 Å². The largest absolute Gasteiger partial charge is 0.478 e. The smallest absolute Gasteiger partial charge is 0.418 e. The number of alkyl halides is 6. The maximum absolute atomic E-state index is 13.8. The molecule has 0 aliphatic rings. The minimum atomic E-state index is -5.00. The number of aromatic nitrogens is 4. The Morgan fingerprint density at radius 3 is 2.13 bits per heavy atom. The molecule has 47 heavy (non-hydrogen) atoms. The highest BCUT2D eigenvalue weighted by Crippen LogP contribution is 2.38. The predicted octanol–water partition coefficient (Wildman–Crippen LogP) is 5.95. The number of nitrogens with zero attached hydrogens (tertiary/aromatic N) is 5. The van der Waals surface area contributed by atoms with Gasteiger partial charge < -0.3 is 20.8 Å². The van der Waals surface area contributed by atoms with Gasteiger partial charge in [0.15, 0.2) is 0 Å². The number of para-hydroxylation sites is 2. The van der Waals surface area contributed by atoms with Crippen LogP contribution in [0.25, 0.3) is 22.8 Å². The van der Waals surface area contributed by atoms with Crippen LogP contribution < -0.4 is 10.6 Å². The maximum Gasteiger partial charge on any atom is 0.418 e. The molecular weight excluding hydrogens is 642 g/mol. The maximum atomic E-state index is 13.8. The first-order chi connectivity index (χ1) is 22.1. The predicted molar refractivity (Wildman–Crippen MR) is 150 cm³/mol. The SMILES string of the molecule is CCNC(=O)c1cc(/C(=C/Nc2c(C(=O)O)cccc2C(F)(F)F)N=N)nc(-c2cn(-c3c(C(=O)O)cccc3C(F)(F)F)nn2)c1. The van der Waals surface area contributed by atoms with Gasteiger partial charge in [-0.3, -0.25) is 4.79 Å². The number of carbonyl (C=O) groups is 3. The molecule has 0 aliphatic carbocycles. The van der Waals surface area contributed by atoms with Gasteiger partial charge in [-0.15, -0.1) is 5.10 Å². The number of benzene rings is 2. The second-order valence-electron chi connectivity index (χ2n) is 9.36. The molecule has 0 spiro atoms. The number of hydrogen-bond donors (Lipinski definition) is 5. The molecule has 0 fully saturated rings. The third kappa shape index (κ3) is 7.24. The lowest BCUT2D eigenvalue weighted by atomic mass is 10.1. The number of rotatable bonds is 10. The molecule has 1 amide bonds. The van der Waals surface area contributed by atoms with E-state index in [1.165, 1.54) is 0 Å². The van der Waals surface area contributed by atoms with Crippen LogP contribution in [-0.2, 0) is 12.4 Å². The van der Waals surface area contributed by atoms with Crippen molar-refractivity contribution in [1.29, 1.82) is 5.53 Å². The number of hydrogen-bond acceptors (Lipinski definition) is 9. The first kappa shape index (κ1) is 33.7. The fourth-order valence-corrected chi connectivity index (χ4v) is 4.30. The van der Waals surface area contributed by atoms with E-state index in [0.29, 0.717) is 16.8 Å². The van der Waals surface area contributed by atoms with E-state index in [1.54, 1.807) is 6.92 Å². The van der Waals surface area contributed by atoms with Crippen LogP contribution >= 0.6 is 0 Å². The first-order valence-electron chi connectivity index (χ1n) is 13.0. The molecule has 19 heteroatoms. The average molecular weight is 663 g/mol. The number of carboxylic acid groups (broad SMARTS) is 2. The Hall–Kier alpha value is -6.14. The molecule has 2 aromatic heterocycles. The van der Waals surface area contributed by atoms with Crippen molar-refractivity contribution < 1.29 is 50.9 Å². The van der Waals surface area contributed by atoms with E-state index in [1.807, 2.05) is 0 Å². The fourth-order valence-electron chi connectivity index (χ4n) is 4.30. The van der Waals surface area contributed by atoms with Crippen LogP contribution in [0.15, 0.2) is 66.0 Å². The summed E-state index contributed by atoms with van der Waals surface area (Å²) in [6.45, 7) is 1.74. The molecule has 4 aromatic rings. The number of halogens is 6. The number of carbonyl (C=O) groups excluding carboxylic acids is 1. The van der Waals surface area contributed by atoms with Gasteiger partial charge in [-0.05, 0) is 43.3 Å². The highest BCUT2D eigenvalue weighted by atomic mass is 19.4. The standard InChI is InChI=1S/C28H20F6N8O5/c1-2-36-24(43)13-9-18(20(39-35)11-37-22-14(25(44)45)5-3-7-16(22)27(29,30)31)38-19(10-13)21-12-42(41-40-21)23-15(26(46)47)6-4-8-17(23)28(32,33)34/h3-12,35,37H,2H2,1H3,(H,36,43)(H,44,45)(H,46,47)/b20-11-,39-35?. The van der Waals surface area contributed by atoms with Crippen LogP contribution in [0.5, 0.6) is 0 Å². The lowest BCUT2D eigenvalue weighted by molar-refractivity contribution is -0.138. The van der Waals surface area contributed by atoms with E-state index >= 15 is 0 Å². The minimum Gasteiger partial charge on any atom is -0.478 e. The van der Waals surface area contributed by atoms with E-state index in [4.69, 9.17) is 5.53 Å². The number of nitrogens with one attached hydrogen (secondary N) is 3. The summed E-state index contributed by atoms with van der Waals surface area (Å²) in [5.74, 6) is -4.09. The molecule has 2 aromatic carbocycles. The van der Waals surface area contributed by atoms with Crippen LogP contribution in [0.1, 0.15) is 54.8 Å². The van der Waals surface area contributed by atoms with Crippen molar-refractivity contribution in [3.05, 3.63) is 94.4 Å². The number of pyridine rings is 1. The van der Waals surface area contributed by atoms with Gasteiger partial charge in [-0.25, -0.2) is 24.8 Å². The third-order valence-electron chi connectivity index (χ3n) is 6.32. The Bertz CT molecular complexity index is 1920. The topological polar surface area (TPSA) is 196 Å². The molecule has 5 N–H and O–H groups in total. The molecule has 0 saturated heterocycles. The molecule has 0 radical (unpaired) electrons. The lowest BCUT2D eigenvalue weighted by Crippen LogP contribution is -2.23. The van der Waals surface area contributed by atoms with Crippen LogP contribution in [0, 0.1) is 5.53 Å². The van der Waals surface area contributed by atoms with Gasteiger partial charge in [-0.1, -0.05) is 17.3 Å². The first-order valence-corrected chi connectivity index (χ1v) is 13.0. The summed E-state index contributed by atoms with van der Waals surface area (Å²) in [5.41, 5.74) is 0.147. The summed E-state index contributed by atoms with van der Waals surface area (Å²) in [6, 6.07) is 7.13. The molecular formula is C28H20F6N8O5. The Balaban J connectivity index is 1.88. The molecule has 4 rings (SSSR count). The summed E-state index contributed by atoms with van der Waals surface area (Å²) in [7, 11) is 0. The number of aromatic carboxylic acids is 2. The van der Waals surface area contributed by atoms with Gasteiger partial charge in [0.2, 0.25) is 0 Å². The quantitative estimate of drug-likeness (QED) is 0.101. The Morgan fingerprint density at radius 1 is 0.936 bits per heavy atom. The zero-order valence-electron chi connectivity index (χ0n) is 23.6. The normalized spacial score (nSPS) is 12.0. The molecule has 2 heterocycles. The molecule has 0 unspecified atom stereocenters. The van der Waals surface area contributed by atoms with E-state index in [0.717, 1.165) is 48.8 Å². The van der Waals surface area contributed by atoms with Gasteiger partial charge in [0.1, 0.15) is 11.4 Å². The van der Waals surface area contributed by atoms with Gasteiger partial charge in [0.05, 0.1) is 51.2 Å². The summed E-state index contributed by atoms with van der Waals surface area (Å²) in [6.07, 6.45) is -8.33. The fraction of sp³-hybridized carbons (Fsp3) is 0.143. The second kappa shape index (κ2) is 13.1. The highest BCUT2D eigenvalue weighted by Gasteiger charge is 2.37. The zero-order chi connectivity index (χ0) is 34.7. The summed E-state index contributed by atoms with van der Waals surface area (Å²) in [4.78, 5) is 40.4. The summed E-state index contributed by atoms with van der Waals surface area (Å²) < 4.78 is 83.0. The minimum absolute atomic E-state index is 0.146. The van der Waals surface area contributed by atoms with Crippen LogP contribution in [0.3, 0.4) is 0 Å². The molecule has 0 bridgehead atoms. The molecule has 0 saturated carbocycles. The van der Waals surface area contributed by atoms with Crippen LogP contribution in [-0.4, -0.2) is 54.6 Å². The molecule has 0 aliphatic heterocycles. The van der Waals surface area contributed by atoms with Crippen molar-refractivity contribution in [3.8, 4) is 17.1 Å². The van der Waals surface area contributed by atoms with E-state index in [-0.39, 0.29) is 29.2 Å². The molecule has 244 valence electrons. The average Bonchev–Trinajstić information content (AvgIpc) is 3.50. The Kier molecular flexibility index (Phi) is 9.39. The van der Waals surface area contributed by atoms with E-state index in [2.05, 4.69) is 31.0 Å². The molecule has 0 atom stereocenters. The third-order valence-corrected chi connectivity index (χ3v) is 6.32. The number of anilines is 1. The highest BCUT2D eigenvalue weighted by molar-refractivity contribution is 5.97. The number of amides is 1. The van der Waals surface area contributed by atoms with Crippen molar-refractivity contribution in [2.24, 2.45) is 5.11 Å². The van der Waals surface area contributed by atoms with Gasteiger partial charge in [0.25, 0.3) is 5.91 Å². The van der Waals surface area contributed by atoms with Crippen molar-refractivity contribution in [2.45, 2.75) is 19.3 Å². The lowest BCUT2D eigenvalue weighted by Gasteiger charge is -2.15. The summed E-state index contributed by atoms with van der Waals surface area (Å²) >= 11 is 0. The second-order valence-corrected chi connectivity index (χ2v) is 9.36. The van der Waals surface area contributed by atoms with Crippen LogP contribution in [0.4, 0.5) is 32.0 Å². The van der Waals surface area contributed by atoms with Crippen molar-refractivity contribution >= 4 is 29.2 Å². The number of carboxylic acids is 2.